The molecule has 1 aromatic carbocycles. The van der Waals surface area contributed by atoms with Gasteiger partial charge in [0.1, 0.15) is 11.6 Å². The van der Waals surface area contributed by atoms with Crippen molar-refractivity contribution in [3.8, 4) is 28.0 Å². The number of benzene rings is 1. The molecule has 2 aliphatic rings. The standard InChI is InChI=1S/C26H33N5O/c1-25(2)13-19(14-26(3,4)30-25)31(5)24-9-8-20-21-7-6-17(18-15-27-28-16-18)12-23(21)32-11-10-22(20)29-24/h6-9,12,15-16,19,30H,10-11,13-14H2,1-5H3,(H,27,28). The van der Waals surface area contributed by atoms with Crippen LogP contribution in [0.3, 0.4) is 0 Å². The molecule has 0 radical (unpaired) electrons. The van der Waals surface area contributed by atoms with Crippen molar-refractivity contribution in [3.05, 3.63) is 48.4 Å². The van der Waals surface area contributed by atoms with Gasteiger partial charge in [-0.3, -0.25) is 5.10 Å². The van der Waals surface area contributed by atoms with Crippen molar-refractivity contribution in [1.29, 1.82) is 0 Å². The first-order valence-electron chi connectivity index (χ1n) is 11.5. The Hall–Kier alpha value is -2.86. The third-order valence-electron chi connectivity index (χ3n) is 6.74. The lowest BCUT2D eigenvalue weighted by molar-refractivity contribution is 0.160. The zero-order valence-corrected chi connectivity index (χ0v) is 19.7. The highest BCUT2D eigenvalue weighted by atomic mass is 16.5. The molecule has 3 aromatic rings. The second-order valence-corrected chi connectivity index (χ2v) is 10.5. The monoisotopic (exact) mass is 431 g/mol. The van der Waals surface area contributed by atoms with E-state index in [0.29, 0.717) is 12.6 Å². The fraction of sp³-hybridized carbons (Fsp3) is 0.462. The van der Waals surface area contributed by atoms with Crippen LogP contribution < -0.4 is 15.0 Å². The van der Waals surface area contributed by atoms with E-state index in [0.717, 1.165) is 53.2 Å². The molecule has 1 saturated heterocycles. The Balaban J connectivity index is 1.46. The van der Waals surface area contributed by atoms with Crippen LogP contribution in [0, 0.1) is 0 Å². The first kappa shape index (κ1) is 21.0. The van der Waals surface area contributed by atoms with Crippen molar-refractivity contribution < 1.29 is 4.74 Å². The van der Waals surface area contributed by atoms with E-state index < -0.39 is 0 Å². The van der Waals surface area contributed by atoms with Gasteiger partial charge >= 0.3 is 0 Å². The largest absolute Gasteiger partial charge is 0.493 e. The molecule has 5 rings (SSSR count). The minimum absolute atomic E-state index is 0.103. The Bertz CT molecular complexity index is 1100. The Morgan fingerprint density at radius 3 is 2.47 bits per heavy atom. The molecule has 6 nitrogen and oxygen atoms in total. The van der Waals surface area contributed by atoms with E-state index >= 15 is 0 Å². The van der Waals surface area contributed by atoms with Crippen molar-refractivity contribution in [1.82, 2.24) is 20.5 Å². The van der Waals surface area contributed by atoms with Crippen LogP contribution in [0.2, 0.25) is 0 Å². The summed E-state index contributed by atoms with van der Waals surface area (Å²) in [6.45, 7) is 9.81. The van der Waals surface area contributed by atoms with Gasteiger partial charge in [-0.25, -0.2) is 4.98 Å². The summed E-state index contributed by atoms with van der Waals surface area (Å²) in [5.74, 6) is 1.95. The number of nitrogens with one attached hydrogen (secondary N) is 2. The number of hydrogen-bond donors (Lipinski definition) is 2. The maximum Gasteiger partial charge on any atom is 0.128 e. The number of ether oxygens (including phenoxy) is 1. The van der Waals surface area contributed by atoms with Crippen molar-refractivity contribution in [2.24, 2.45) is 0 Å². The number of pyridine rings is 1. The molecule has 6 heteroatoms. The summed E-state index contributed by atoms with van der Waals surface area (Å²) in [6.07, 6.45) is 6.72. The molecule has 168 valence electrons. The van der Waals surface area contributed by atoms with Crippen LogP contribution in [0.4, 0.5) is 5.82 Å². The highest BCUT2D eigenvalue weighted by molar-refractivity contribution is 5.78. The summed E-state index contributed by atoms with van der Waals surface area (Å²) in [6, 6.07) is 11.2. The van der Waals surface area contributed by atoms with Crippen LogP contribution in [-0.4, -0.2) is 46.0 Å². The van der Waals surface area contributed by atoms with Crippen LogP contribution in [0.1, 0.15) is 46.2 Å². The summed E-state index contributed by atoms with van der Waals surface area (Å²) in [5.41, 5.74) is 5.74. The second kappa shape index (κ2) is 7.62. The van der Waals surface area contributed by atoms with E-state index in [1.54, 1.807) is 0 Å². The molecule has 2 aromatic heterocycles. The minimum Gasteiger partial charge on any atom is -0.493 e. The molecule has 2 N–H and O–H groups in total. The number of H-pyrrole nitrogens is 1. The predicted molar refractivity (Wildman–Crippen MR) is 129 cm³/mol. The van der Waals surface area contributed by atoms with Crippen molar-refractivity contribution in [3.63, 3.8) is 0 Å². The topological polar surface area (TPSA) is 66.1 Å². The molecule has 1 fully saturated rings. The third-order valence-corrected chi connectivity index (χ3v) is 6.74. The van der Waals surface area contributed by atoms with Crippen molar-refractivity contribution in [2.45, 2.75) is 64.1 Å². The zero-order valence-electron chi connectivity index (χ0n) is 19.7. The number of aromatic nitrogens is 3. The fourth-order valence-electron chi connectivity index (χ4n) is 5.56. The molecule has 0 atom stereocenters. The Morgan fingerprint density at radius 1 is 1.00 bits per heavy atom. The normalized spacial score (nSPS) is 19.4. The van der Waals surface area contributed by atoms with Gasteiger partial charge in [0.15, 0.2) is 0 Å². The molecule has 32 heavy (non-hydrogen) atoms. The van der Waals surface area contributed by atoms with Crippen molar-refractivity contribution in [2.75, 3.05) is 18.6 Å². The molecule has 2 aliphatic heterocycles. The van der Waals surface area contributed by atoms with Gasteiger partial charge in [-0.1, -0.05) is 6.07 Å². The fourth-order valence-corrected chi connectivity index (χ4v) is 5.56. The molecule has 4 heterocycles. The van der Waals surface area contributed by atoms with Gasteiger partial charge in [0.25, 0.3) is 0 Å². The van der Waals surface area contributed by atoms with E-state index in [4.69, 9.17) is 9.72 Å². The Labute approximate surface area is 190 Å². The average Bonchev–Trinajstić information content (AvgIpc) is 3.19. The zero-order chi connectivity index (χ0) is 22.5. The summed E-state index contributed by atoms with van der Waals surface area (Å²) in [7, 11) is 2.19. The summed E-state index contributed by atoms with van der Waals surface area (Å²) >= 11 is 0. The van der Waals surface area contributed by atoms with Crippen LogP contribution >= 0.6 is 0 Å². The third kappa shape index (κ3) is 3.99. The van der Waals surface area contributed by atoms with Crippen LogP contribution in [0.5, 0.6) is 5.75 Å². The first-order chi connectivity index (χ1) is 15.2. The molecule has 0 spiro atoms. The smallest absolute Gasteiger partial charge is 0.128 e. The molecular formula is C26H33N5O. The van der Waals surface area contributed by atoms with Crippen LogP contribution in [0.15, 0.2) is 42.7 Å². The van der Waals surface area contributed by atoms with Gasteiger partial charge in [-0.2, -0.15) is 5.10 Å². The molecule has 0 amide bonds. The quantitative estimate of drug-likeness (QED) is 0.622. The number of fused-ring (bicyclic) bond motifs is 3. The number of piperidine rings is 1. The maximum atomic E-state index is 6.15. The second-order valence-electron chi connectivity index (χ2n) is 10.5. The van der Waals surface area contributed by atoms with Crippen molar-refractivity contribution >= 4 is 5.82 Å². The van der Waals surface area contributed by atoms with E-state index in [-0.39, 0.29) is 11.1 Å². The Morgan fingerprint density at radius 2 is 1.75 bits per heavy atom. The number of nitrogens with zero attached hydrogens (tertiary/aromatic N) is 3. The van der Waals surface area contributed by atoms with Gasteiger partial charge in [-0.15, -0.1) is 0 Å². The summed E-state index contributed by atoms with van der Waals surface area (Å²) in [5, 5.41) is 10.7. The molecule has 0 unspecified atom stereocenters. The molecular weight excluding hydrogens is 398 g/mol. The van der Waals surface area contributed by atoms with Gasteiger partial charge in [0.05, 0.1) is 18.5 Å². The van der Waals surface area contributed by atoms with Gasteiger partial charge in [-0.05, 0) is 70.4 Å². The average molecular weight is 432 g/mol. The highest BCUT2D eigenvalue weighted by Gasteiger charge is 2.39. The molecule has 0 aliphatic carbocycles. The maximum absolute atomic E-state index is 6.15. The molecule has 0 bridgehead atoms. The minimum atomic E-state index is 0.103. The van der Waals surface area contributed by atoms with Gasteiger partial charge in [0, 0.05) is 53.5 Å². The lowest BCUT2D eigenvalue weighted by Crippen LogP contribution is -2.62. The number of rotatable bonds is 3. The van der Waals surface area contributed by atoms with E-state index in [2.05, 4.69) is 85.5 Å². The lowest BCUT2D eigenvalue weighted by Gasteiger charge is -2.49. The van der Waals surface area contributed by atoms with Gasteiger partial charge < -0.3 is 15.0 Å². The van der Waals surface area contributed by atoms with E-state index in [9.17, 15) is 0 Å². The number of hydrogen-bond acceptors (Lipinski definition) is 5. The Kier molecular flexibility index (Phi) is 5.01. The summed E-state index contributed by atoms with van der Waals surface area (Å²) in [4.78, 5) is 7.50. The van der Waals surface area contributed by atoms with Crippen LogP contribution in [0.25, 0.3) is 22.3 Å². The van der Waals surface area contributed by atoms with Gasteiger partial charge in [0.2, 0.25) is 0 Å². The number of anilines is 1. The number of aromatic amines is 1. The molecule has 0 saturated carbocycles. The van der Waals surface area contributed by atoms with Crippen LogP contribution in [-0.2, 0) is 6.42 Å². The predicted octanol–water partition coefficient (Wildman–Crippen LogP) is 4.82. The highest BCUT2D eigenvalue weighted by Crippen LogP contribution is 2.39. The lowest BCUT2D eigenvalue weighted by atomic mass is 9.79. The summed E-state index contributed by atoms with van der Waals surface area (Å²) < 4.78 is 6.15. The van der Waals surface area contributed by atoms with E-state index in [1.165, 1.54) is 5.56 Å². The SMILES string of the molecule is CN(c1ccc2c(n1)CCOc1cc(-c3cn[nH]c3)ccc1-2)C1CC(C)(C)NC(C)(C)C1. The first-order valence-corrected chi connectivity index (χ1v) is 11.5. The van der Waals surface area contributed by atoms with E-state index in [1.807, 2.05) is 12.4 Å².